The van der Waals surface area contributed by atoms with Crippen molar-refractivity contribution in [2.75, 3.05) is 37.6 Å². The van der Waals surface area contributed by atoms with Gasteiger partial charge in [0, 0.05) is 55.9 Å². The molecule has 1 fully saturated rings. The lowest BCUT2D eigenvalue weighted by molar-refractivity contribution is 0.119. The van der Waals surface area contributed by atoms with Gasteiger partial charge in [0.15, 0.2) is 0 Å². The number of rotatable bonds is 4. The highest BCUT2D eigenvalue weighted by Gasteiger charge is 2.29. The molecule has 5 heteroatoms. The molecule has 21 heavy (non-hydrogen) atoms. The van der Waals surface area contributed by atoms with Gasteiger partial charge in [-0.05, 0) is 20.8 Å². The Hall–Kier alpha value is -1.20. The van der Waals surface area contributed by atoms with Crippen LogP contribution in [0.2, 0.25) is 0 Å². The van der Waals surface area contributed by atoms with Crippen molar-refractivity contribution in [3.05, 3.63) is 17.6 Å². The van der Waals surface area contributed by atoms with Gasteiger partial charge in [-0.2, -0.15) is 0 Å². The van der Waals surface area contributed by atoms with Crippen molar-refractivity contribution in [1.82, 2.24) is 14.9 Å². The lowest BCUT2D eigenvalue weighted by Gasteiger charge is -2.44. The van der Waals surface area contributed by atoms with Gasteiger partial charge in [-0.25, -0.2) is 9.97 Å². The highest BCUT2D eigenvalue weighted by molar-refractivity contribution is 5.40. The van der Waals surface area contributed by atoms with Gasteiger partial charge in [-0.1, -0.05) is 13.8 Å². The summed E-state index contributed by atoms with van der Waals surface area (Å²) in [6, 6.07) is 2.09. The smallest absolute Gasteiger partial charge is 0.133 e. The summed E-state index contributed by atoms with van der Waals surface area (Å²) in [4.78, 5) is 14.1. The van der Waals surface area contributed by atoms with E-state index in [2.05, 4.69) is 48.5 Å². The molecule has 1 aromatic heterocycles. The van der Waals surface area contributed by atoms with Crippen molar-refractivity contribution >= 4 is 5.82 Å². The van der Waals surface area contributed by atoms with E-state index in [1.165, 1.54) is 0 Å². The monoisotopic (exact) mass is 291 g/mol. The van der Waals surface area contributed by atoms with Crippen molar-refractivity contribution in [1.29, 1.82) is 0 Å². The number of hydrogen-bond acceptors (Lipinski definition) is 5. The average molecular weight is 291 g/mol. The number of nitrogens with zero attached hydrogens (tertiary/aromatic N) is 4. The summed E-state index contributed by atoms with van der Waals surface area (Å²) in [7, 11) is 0. The van der Waals surface area contributed by atoms with Gasteiger partial charge in [0.2, 0.25) is 0 Å². The molecule has 2 heterocycles. The topological polar surface area (TPSA) is 58.3 Å². The quantitative estimate of drug-likeness (QED) is 0.916. The molecule has 0 bridgehead atoms. The second kappa shape index (κ2) is 6.28. The molecule has 0 saturated carbocycles. The Morgan fingerprint density at radius 2 is 1.81 bits per heavy atom. The van der Waals surface area contributed by atoms with E-state index in [0.29, 0.717) is 12.5 Å². The van der Waals surface area contributed by atoms with Gasteiger partial charge < -0.3 is 10.6 Å². The first kappa shape index (κ1) is 16.2. The van der Waals surface area contributed by atoms with E-state index in [0.717, 1.165) is 43.5 Å². The summed E-state index contributed by atoms with van der Waals surface area (Å²) >= 11 is 0. The molecule has 1 saturated heterocycles. The predicted octanol–water partition coefficient (Wildman–Crippen LogP) is 1.77. The lowest BCUT2D eigenvalue weighted by Crippen LogP contribution is -2.57. The number of piperazine rings is 1. The van der Waals surface area contributed by atoms with Crippen molar-refractivity contribution in [2.24, 2.45) is 5.73 Å². The average Bonchev–Trinajstić information content (AvgIpc) is 2.46. The minimum Gasteiger partial charge on any atom is -0.354 e. The predicted molar refractivity (Wildman–Crippen MR) is 87.8 cm³/mol. The highest BCUT2D eigenvalue weighted by atomic mass is 15.3. The first-order chi connectivity index (χ1) is 9.83. The van der Waals surface area contributed by atoms with Crippen molar-refractivity contribution < 1.29 is 0 Å². The summed E-state index contributed by atoms with van der Waals surface area (Å²) in [5.41, 5.74) is 7.01. The molecule has 0 unspecified atom stereocenters. The number of aromatic nitrogens is 2. The molecule has 5 nitrogen and oxygen atoms in total. The standard InChI is InChI=1S/C16H29N5/c1-12(2)15-18-13(3)10-14(19-15)20-6-8-21(9-7-20)16(4,5)11-17/h10,12H,6-9,11,17H2,1-5H3. The molecule has 0 amide bonds. The van der Waals surface area contributed by atoms with Crippen LogP contribution in [0.25, 0.3) is 0 Å². The number of nitrogens with two attached hydrogens (primary N) is 1. The van der Waals surface area contributed by atoms with E-state index in [1.807, 2.05) is 6.92 Å². The first-order valence-electron chi connectivity index (χ1n) is 7.89. The molecule has 0 radical (unpaired) electrons. The van der Waals surface area contributed by atoms with Crippen molar-refractivity contribution in [3.8, 4) is 0 Å². The molecule has 1 aromatic rings. The Morgan fingerprint density at radius 3 is 2.33 bits per heavy atom. The molecule has 0 atom stereocenters. The second-order valence-electron chi connectivity index (χ2n) is 6.87. The molecule has 0 aromatic carbocycles. The molecular formula is C16H29N5. The molecule has 118 valence electrons. The fourth-order valence-corrected chi connectivity index (χ4v) is 2.66. The maximum absolute atomic E-state index is 5.88. The van der Waals surface area contributed by atoms with Gasteiger partial charge in [-0.3, -0.25) is 4.90 Å². The Labute approximate surface area is 128 Å². The molecule has 1 aliphatic heterocycles. The lowest BCUT2D eigenvalue weighted by atomic mass is 10.0. The molecule has 0 spiro atoms. The van der Waals surface area contributed by atoms with Crippen LogP contribution in [0.3, 0.4) is 0 Å². The summed E-state index contributed by atoms with van der Waals surface area (Å²) in [5.74, 6) is 2.37. The van der Waals surface area contributed by atoms with E-state index in [4.69, 9.17) is 10.7 Å². The van der Waals surface area contributed by atoms with Crippen LogP contribution >= 0.6 is 0 Å². The SMILES string of the molecule is Cc1cc(N2CCN(C(C)(C)CN)CC2)nc(C(C)C)n1. The molecule has 2 N–H and O–H groups in total. The zero-order valence-electron chi connectivity index (χ0n) is 14.1. The van der Waals surface area contributed by atoms with Crippen LogP contribution in [-0.2, 0) is 0 Å². The Balaban J connectivity index is 2.09. The maximum atomic E-state index is 5.88. The minimum atomic E-state index is 0.0801. The van der Waals surface area contributed by atoms with Crippen LogP contribution in [0.5, 0.6) is 0 Å². The number of aryl methyl sites for hydroxylation is 1. The molecule has 0 aliphatic carbocycles. The fraction of sp³-hybridized carbons (Fsp3) is 0.750. The van der Waals surface area contributed by atoms with Crippen molar-refractivity contribution in [3.63, 3.8) is 0 Å². The highest BCUT2D eigenvalue weighted by Crippen LogP contribution is 2.21. The van der Waals surface area contributed by atoms with Crippen LogP contribution < -0.4 is 10.6 Å². The third kappa shape index (κ3) is 3.71. The second-order valence-corrected chi connectivity index (χ2v) is 6.87. The van der Waals surface area contributed by atoms with Gasteiger partial charge in [0.05, 0.1) is 0 Å². The van der Waals surface area contributed by atoms with Crippen LogP contribution in [0, 0.1) is 6.92 Å². The van der Waals surface area contributed by atoms with Crippen LogP contribution in [0.15, 0.2) is 6.07 Å². The maximum Gasteiger partial charge on any atom is 0.133 e. The Kier molecular flexibility index (Phi) is 4.84. The third-order valence-corrected chi connectivity index (χ3v) is 4.33. The zero-order chi connectivity index (χ0) is 15.6. The van der Waals surface area contributed by atoms with E-state index >= 15 is 0 Å². The Bertz CT molecular complexity index is 476. The normalized spacial score (nSPS) is 17.6. The molecular weight excluding hydrogens is 262 g/mol. The summed E-state index contributed by atoms with van der Waals surface area (Å²) in [6.07, 6.45) is 0. The van der Waals surface area contributed by atoms with Crippen LogP contribution in [0.4, 0.5) is 5.82 Å². The van der Waals surface area contributed by atoms with Crippen LogP contribution in [0.1, 0.15) is 45.1 Å². The first-order valence-corrected chi connectivity index (χ1v) is 7.89. The minimum absolute atomic E-state index is 0.0801. The van der Waals surface area contributed by atoms with Gasteiger partial charge in [0.25, 0.3) is 0 Å². The van der Waals surface area contributed by atoms with E-state index in [-0.39, 0.29) is 5.54 Å². The van der Waals surface area contributed by atoms with E-state index < -0.39 is 0 Å². The van der Waals surface area contributed by atoms with E-state index in [9.17, 15) is 0 Å². The van der Waals surface area contributed by atoms with Gasteiger partial charge in [-0.15, -0.1) is 0 Å². The van der Waals surface area contributed by atoms with Crippen molar-refractivity contribution in [2.45, 2.75) is 46.1 Å². The molecule has 1 aliphatic rings. The summed E-state index contributed by atoms with van der Waals surface area (Å²) in [5, 5.41) is 0. The fourth-order valence-electron chi connectivity index (χ4n) is 2.66. The summed E-state index contributed by atoms with van der Waals surface area (Å²) < 4.78 is 0. The van der Waals surface area contributed by atoms with Gasteiger partial charge >= 0.3 is 0 Å². The number of hydrogen-bond donors (Lipinski definition) is 1. The molecule has 2 rings (SSSR count). The third-order valence-electron chi connectivity index (χ3n) is 4.33. The number of anilines is 1. The summed E-state index contributed by atoms with van der Waals surface area (Å²) in [6.45, 7) is 15.5. The van der Waals surface area contributed by atoms with Gasteiger partial charge in [0.1, 0.15) is 11.6 Å². The van der Waals surface area contributed by atoms with Crippen LogP contribution in [-0.4, -0.2) is 53.1 Å². The zero-order valence-corrected chi connectivity index (χ0v) is 14.1. The largest absolute Gasteiger partial charge is 0.354 e. The Morgan fingerprint density at radius 1 is 1.19 bits per heavy atom. The van der Waals surface area contributed by atoms with E-state index in [1.54, 1.807) is 0 Å².